The number of para-hydroxylation sites is 2. The molecule has 3 aromatic rings. The molecule has 6 heteroatoms. The number of nitrogens with zero attached hydrogens (tertiary/aromatic N) is 3. The van der Waals surface area contributed by atoms with E-state index in [0.29, 0.717) is 12.3 Å². The Balaban J connectivity index is 1.65. The van der Waals surface area contributed by atoms with Gasteiger partial charge in [0.05, 0.1) is 29.0 Å². The molecule has 0 saturated heterocycles. The molecule has 0 aliphatic heterocycles. The van der Waals surface area contributed by atoms with E-state index in [4.69, 9.17) is 0 Å². The van der Waals surface area contributed by atoms with Gasteiger partial charge < -0.3 is 4.90 Å². The largest absolute Gasteiger partial charge is 0.340 e. The van der Waals surface area contributed by atoms with Crippen molar-refractivity contribution in [1.29, 1.82) is 0 Å². The van der Waals surface area contributed by atoms with Crippen molar-refractivity contribution in [3.05, 3.63) is 52.3 Å². The molecule has 1 amide bonds. The van der Waals surface area contributed by atoms with E-state index >= 15 is 0 Å². The number of hydrogen-bond donors (Lipinski definition) is 0. The zero-order chi connectivity index (χ0) is 16.2. The second-order valence-corrected chi connectivity index (χ2v) is 7.22. The fraction of sp³-hybridized carbons (Fsp3) is 0.235. The summed E-state index contributed by atoms with van der Waals surface area (Å²) in [5, 5.41) is 2.85. The molecule has 0 bridgehead atoms. The van der Waals surface area contributed by atoms with Crippen LogP contribution in [0.3, 0.4) is 0 Å². The van der Waals surface area contributed by atoms with Crippen molar-refractivity contribution in [3.8, 4) is 0 Å². The van der Waals surface area contributed by atoms with Gasteiger partial charge in [0.1, 0.15) is 5.03 Å². The maximum atomic E-state index is 12.3. The summed E-state index contributed by atoms with van der Waals surface area (Å²) >= 11 is 3.11. The average Bonchev–Trinajstić information content (AvgIpc) is 3.05. The third-order valence-electron chi connectivity index (χ3n) is 3.43. The van der Waals surface area contributed by atoms with Gasteiger partial charge in [-0.3, -0.25) is 4.79 Å². The molecule has 0 aliphatic carbocycles. The van der Waals surface area contributed by atoms with Gasteiger partial charge in [-0.05, 0) is 30.5 Å². The Kier molecular flexibility index (Phi) is 4.93. The van der Waals surface area contributed by atoms with Gasteiger partial charge in [0.15, 0.2) is 0 Å². The van der Waals surface area contributed by atoms with E-state index in [-0.39, 0.29) is 5.91 Å². The molecule has 23 heavy (non-hydrogen) atoms. The van der Waals surface area contributed by atoms with Crippen LogP contribution in [0.5, 0.6) is 0 Å². The van der Waals surface area contributed by atoms with Gasteiger partial charge in [-0.15, -0.1) is 11.3 Å². The maximum absolute atomic E-state index is 12.3. The zero-order valence-corrected chi connectivity index (χ0v) is 14.7. The number of hydrogen-bond acceptors (Lipinski definition) is 5. The molecule has 0 unspecified atom stereocenters. The van der Waals surface area contributed by atoms with Crippen molar-refractivity contribution >= 4 is 40.0 Å². The van der Waals surface area contributed by atoms with E-state index in [0.717, 1.165) is 21.8 Å². The Morgan fingerprint density at radius 2 is 1.91 bits per heavy atom. The SMILES string of the molecule is Cc1nc2ccccc2nc1SCC(=O)N(C)Cc1cccs1. The normalized spacial score (nSPS) is 10.9. The smallest absolute Gasteiger partial charge is 0.233 e. The van der Waals surface area contributed by atoms with Gasteiger partial charge in [-0.2, -0.15) is 0 Å². The molecule has 0 atom stereocenters. The lowest BCUT2D eigenvalue weighted by molar-refractivity contribution is -0.127. The standard InChI is InChI=1S/C17H17N3OS2/c1-12-17(19-15-8-4-3-7-14(15)18-12)23-11-16(21)20(2)10-13-6-5-9-22-13/h3-9H,10-11H2,1-2H3. The zero-order valence-electron chi connectivity index (χ0n) is 13.0. The molecule has 3 rings (SSSR count). The van der Waals surface area contributed by atoms with Crippen LogP contribution in [0, 0.1) is 6.92 Å². The molecule has 0 fully saturated rings. The number of aryl methyl sites for hydroxylation is 1. The summed E-state index contributed by atoms with van der Waals surface area (Å²) in [4.78, 5) is 24.4. The first-order chi connectivity index (χ1) is 11.1. The Labute approximate surface area is 143 Å². The molecule has 0 spiro atoms. The quantitative estimate of drug-likeness (QED) is 0.662. The van der Waals surface area contributed by atoms with Crippen molar-refractivity contribution in [3.63, 3.8) is 0 Å². The highest BCUT2D eigenvalue weighted by atomic mass is 32.2. The number of rotatable bonds is 5. The summed E-state index contributed by atoms with van der Waals surface area (Å²) in [6, 6.07) is 11.8. The summed E-state index contributed by atoms with van der Waals surface area (Å²) in [5.41, 5.74) is 2.61. The highest BCUT2D eigenvalue weighted by molar-refractivity contribution is 7.99. The summed E-state index contributed by atoms with van der Waals surface area (Å²) in [5.74, 6) is 0.466. The first-order valence-corrected chi connectivity index (χ1v) is 9.12. The second-order valence-electron chi connectivity index (χ2n) is 5.22. The molecule has 118 valence electrons. The average molecular weight is 343 g/mol. The van der Waals surface area contributed by atoms with Crippen LogP contribution in [-0.2, 0) is 11.3 Å². The van der Waals surface area contributed by atoms with Gasteiger partial charge >= 0.3 is 0 Å². The van der Waals surface area contributed by atoms with Crippen molar-refractivity contribution in [2.24, 2.45) is 0 Å². The predicted molar refractivity (Wildman–Crippen MR) is 95.8 cm³/mol. The molecule has 0 saturated carbocycles. The van der Waals surface area contributed by atoms with E-state index in [9.17, 15) is 4.79 Å². The lowest BCUT2D eigenvalue weighted by atomic mass is 10.3. The Bertz CT molecular complexity index is 818. The minimum absolute atomic E-state index is 0.0951. The number of benzene rings is 1. The number of thiophene rings is 1. The third kappa shape index (κ3) is 3.89. The Hall–Kier alpha value is -1.92. The number of carbonyl (C=O) groups excluding carboxylic acids is 1. The number of aromatic nitrogens is 2. The molecule has 2 aromatic heterocycles. The van der Waals surface area contributed by atoms with Crippen molar-refractivity contribution in [2.45, 2.75) is 18.5 Å². The molecule has 4 nitrogen and oxygen atoms in total. The van der Waals surface area contributed by atoms with Crippen LogP contribution in [0.4, 0.5) is 0 Å². The fourth-order valence-electron chi connectivity index (χ4n) is 2.17. The molecule has 0 aliphatic rings. The number of carbonyl (C=O) groups is 1. The molecule has 0 radical (unpaired) electrons. The first-order valence-electron chi connectivity index (χ1n) is 7.26. The van der Waals surface area contributed by atoms with E-state index in [1.165, 1.54) is 16.6 Å². The van der Waals surface area contributed by atoms with Crippen LogP contribution in [0.25, 0.3) is 11.0 Å². The fourth-order valence-corrected chi connectivity index (χ4v) is 3.83. The first kappa shape index (κ1) is 16.0. The third-order valence-corrected chi connectivity index (χ3v) is 5.35. The monoisotopic (exact) mass is 343 g/mol. The number of thioether (sulfide) groups is 1. The van der Waals surface area contributed by atoms with Gasteiger partial charge in [0.2, 0.25) is 5.91 Å². The van der Waals surface area contributed by atoms with E-state index in [1.807, 2.05) is 55.7 Å². The van der Waals surface area contributed by atoms with Gasteiger partial charge in [-0.1, -0.05) is 30.0 Å². The second kappa shape index (κ2) is 7.10. The van der Waals surface area contributed by atoms with E-state index < -0.39 is 0 Å². The number of fused-ring (bicyclic) bond motifs is 1. The van der Waals surface area contributed by atoms with Crippen molar-refractivity contribution < 1.29 is 4.79 Å². The van der Waals surface area contributed by atoms with Gasteiger partial charge in [-0.25, -0.2) is 9.97 Å². The Morgan fingerprint density at radius 3 is 2.61 bits per heavy atom. The maximum Gasteiger partial charge on any atom is 0.233 e. The van der Waals surface area contributed by atoms with E-state index in [2.05, 4.69) is 9.97 Å². The van der Waals surface area contributed by atoms with Crippen molar-refractivity contribution in [2.75, 3.05) is 12.8 Å². The summed E-state index contributed by atoms with van der Waals surface area (Å²) in [6.45, 7) is 2.58. The lowest BCUT2D eigenvalue weighted by Gasteiger charge is -2.16. The summed E-state index contributed by atoms with van der Waals surface area (Å²) in [6.07, 6.45) is 0. The number of amides is 1. The predicted octanol–water partition coefficient (Wildman–Crippen LogP) is 3.75. The van der Waals surface area contributed by atoms with Crippen LogP contribution in [-0.4, -0.2) is 33.6 Å². The van der Waals surface area contributed by atoms with Crippen LogP contribution < -0.4 is 0 Å². The summed E-state index contributed by atoms with van der Waals surface area (Å²) < 4.78 is 0. The topological polar surface area (TPSA) is 46.1 Å². The van der Waals surface area contributed by atoms with Gasteiger partial charge in [0, 0.05) is 11.9 Å². The van der Waals surface area contributed by atoms with Gasteiger partial charge in [0.25, 0.3) is 0 Å². The van der Waals surface area contributed by atoms with Crippen LogP contribution >= 0.6 is 23.1 Å². The summed E-state index contributed by atoms with van der Waals surface area (Å²) in [7, 11) is 1.83. The molecular formula is C17H17N3OS2. The molecule has 1 aromatic carbocycles. The van der Waals surface area contributed by atoms with Crippen molar-refractivity contribution in [1.82, 2.24) is 14.9 Å². The molecule has 2 heterocycles. The molecule has 0 N–H and O–H groups in total. The minimum atomic E-state index is 0.0951. The lowest BCUT2D eigenvalue weighted by Crippen LogP contribution is -2.27. The highest BCUT2D eigenvalue weighted by Crippen LogP contribution is 2.22. The van der Waals surface area contributed by atoms with E-state index in [1.54, 1.807) is 16.2 Å². The van der Waals surface area contributed by atoms with Crippen LogP contribution in [0.1, 0.15) is 10.6 Å². The Morgan fingerprint density at radius 1 is 1.17 bits per heavy atom. The van der Waals surface area contributed by atoms with Crippen LogP contribution in [0.15, 0.2) is 46.8 Å². The minimum Gasteiger partial charge on any atom is -0.340 e. The molecular weight excluding hydrogens is 326 g/mol. The highest BCUT2D eigenvalue weighted by Gasteiger charge is 2.13. The van der Waals surface area contributed by atoms with Crippen LogP contribution in [0.2, 0.25) is 0 Å².